The van der Waals surface area contributed by atoms with Gasteiger partial charge in [0, 0.05) is 20.0 Å². The molecule has 0 aromatic carbocycles. The van der Waals surface area contributed by atoms with Crippen LogP contribution in [0.3, 0.4) is 0 Å². The summed E-state index contributed by atoms with van der Waals surface area (Å²) in [4.78, 5) is 27.1. The van der Waals surface area contributed by atoms with Crippen LogP contribution in [0.2, 0.25) is 0 Å². The number of likely N-dealkylation sites (tertiary alicyclic amines) is 2. The number of tetrazole rings is 1. The monoisotopic (exact) mass is 336 g/mol. The van der Waals surface area contributed by atoms with E-state index < -0.39 is 12.0 Å². The lowest BCUT2D eigenvalue weighted by Gasteiger charge is -2.39. The number of nitrogens with zero attached hydrogens (tertiary/aromatic N) is 6. The van der Waals surface area contributed by atoms with Crippen molar-refractivity contribution in [2.75, 3.05) is 26.2 Å². The standard InChI is InChI=1S/C15H24N6O3/c1-12(22)21-10-15(9-13(21)14(23)24)3-7-19(8-4-15)5-2-6-20-11-16-17-18-20/h11,13H,2-10H2,1H3,(H,23,24). The van der Waals surface area contributed by atoms with Crippen LogP contribution in [0.15, 0.2) is 6.33 Å². The minimum Gasteiger partial charge on any atom is -0.480 e. The molecule has 1 atom stereocenters. The maximum absolute atomic E-state index is 11.7. The number of carbonyl (C=O) groups excluding carboxylic acids is 1. The Kier molecular flexibility index (Phi) is 4.79. The van der Waals surface area contributed by atoms with E-state index >= 15 is 0 Å². The van der Waals surface area contributed by atoms with Crippen molar-refractivity contribution >= 4 is 11.9 Å². The van der Waals surface area contributed by atoms with Crippen molar-refractivity contribution in [3.05, 3.63) is 6.33 Å². The number of aliphatic carboxylic acids is 1. The molecule has 0 saturated carbocycles. The molecular formula is C15H24N6O3. The van der Waals surface area contributed by atoms with E-state index in [1.54, 1.807) is 11.0 Å². The SMILES string of the molecule is CC(=O)N1CC2(CCN(CCCn3cnnn3)CC2)CC1C(=O)O. The van der Waals surface area contributed by atoms with E-state index in [1.165, 1.54) is 11.8 Å². The third-order valence-corrected chi connectivity index (χ3v) is 5.37. The lowest BCUT2D eigenvalue weighted by atomic mass is 9.76. The Labute approximate surface area is 140 Å². The van der Waals surface area contributed by atoms with Crippen LogP contribution in [0.25, 0.3) is 0 Å². The fourth-order valence-corrected chi connectivity index (χ4v) is 3.96. The first-order valence-corrected chi connectivity index (χ1v) is 8.42. The highest BCUT2D eigenvalue weighted by Crippen LogP contribution is 2.43. The van der Waals surface area contributed by atoms with Crippen LogP contribution in [0, 0.1) is 5.41 Å². The molecule has 3 rings (SSSR count). The van der Waals surface area contributed by atoms with Crippen LogP contribution in [-0.4, -0.2) is 79.2 Å². The van der Waals surface area contributed by atoms with Crippen LogP contribution in [0.4, 0.5) is 0 Å². The highest BCUT2D eigenvalue weighted by Gasteiger charge is 2.48. The Morgan fingerprint density at radius 2 is 2.04 bits per heavy atom. The van der Waals surface area contributed by atoms with Gasteiger partial charge >= 0.3 is 5.97 Å². The van der Waals surface area contributed by atoms with Gasteiger partial charge in [0.15, 0.2) is 0 Å². The summed E-state index contributed by atoms with van der Waals surface area (Å²) in [6.45, 7) is 5.73. The minimum absolute atomic E-state index is 0.0267. The lowest BCUT2D eigenvalue weighted by Crippen LogP contribution is -2.42. The van der Waals surface area contributed by atoms with E-state index in [4.69, 9.17) is 0 Å². The van der Waals surface area contributed by atoms with E-state index in [2.05, 4.69) is 20.4 Å². The molecule has 1 spiro atoms. The lowest BCUT2D eigenvalue weighted by molar-refractivity contribution is -0.147. The number of amides is 1. The molecule has 9 nitrogen and oxygen atoms in total. The average Bonchev–Trinajstić information content (AvgIpc) is 3.18. The second-order valence-corrected chi connectivity index (χ2v) is 6.97. The third kappa shape index (κ3) is 3.55. The van der Waals surface area contributed by atoms with Gasteiger partial charge in [-0.15, -0.1) is 5.10 Å². The van der Waals surface area contributed by atoms with E-state index in [-0.39, 0.29) is 11.3 Å². The Hall–Kier alpha value is -2.03. The quantitative estimate of drug-likeness (QED) is 0.797. The Morgan fingerprint density at radius 1 is 1.29 bits per heavy atom. The van der Waals surface area contributed by atoms with Gasteiger partial charge in [0.1, 0.15) is 12.4 Å². The van der Waals surface area contributed by atoms with Crippen molar-refractivity contribution in [2.24, 2.45) is 5.41 Å². The van der Waals surface area contributed by atoms with Crippen molar-refractivity contribution in [2.45, 2.75) is 45.2 Å². The summed E-state index contributed by atoms with van der Waals surface area (Å²) < 4.78 is 1.73. The molecule has 132 valence electrons. The molecule has 1 unspecified atom stereocenters. The van der Waals surface area contributed by atoms with E-state index in [9.17, 15) is 14.7 Å². The van der Waals surface area contributed by atoms with Crippen LogP contribution >= 0.6 is 0 Å². The first-order valence-electron chi connectivity index (χ1n) is 8.42. The van der Waals surface area contributed by atoms with Gasteiger partial charge in [-0.25, -0.2) is 9.48 Å². The largest absolute Gasteiger partial charge is 0.480 e. The summed E-state index contributed by atoms with van der Waals surface area (Å²) >= 11 is 0. The van der Waals surface area contributed by atoms with Gasteiger partial charge < -0.3 is 14.9 Å². The fraction of sp³-hybridized carbons (Fsp3) is 0.800. The zero-order valence-electron chi connectivity index (χ0n) is 14.0. The number of piperidine rings is 1. The Morgan fingerprint density at radius 3 is 2.58 bits per heavy atom. The number of hydrogen-bond acceptors (Lipinski definition) is 6. The highest BCUT2D eigenvalue weighted by atomic mass is 16.4. The maximum atomic E-state index is 11.7. The molecule has 3 heterocycles. The molecule has 2 saturated heterocycles. The number of carboxylic acids is 1. The zero-order chi connectivity index (χ0) is 17.2. The summed E-state index contributed by atoms with van der Waals surface area (Å²) in [5, 5.41) is 20.5. The molecule has 1 N–H and O–H groups in total. The number of aromatic nitrogens is 4. The van der Waals surface area contributed by atoms with E-state index in [1.807, 2.05) is 0 Å². The summed E-state index contributed by atoms with van der Waals surface area (Å²) in [5.41, 5.74) is -0.0267. The Bertz CT molecular complexity index is 558. The summed E-state index contributed by atoms with van der Waals surface area (Å²) in [6, 6.07) is -0.658. The molecule has 0 aliphatic carbocycles. The molecule has 2 aliphatic heterocycles. The number of hydrogen-bond donors (Lipinski definition) is 1. The molecule has 1 aromatic rings. The van der Waals surface area contributed by atoms with Crippen LogP contribution < -0.4 is 0 Å². The van der Waals surface area contributed by atoms with Gasteiger partial charge in [0.2, 0.25) is 5.91 Å². The molecule has 1 aromatic heterocycles. The second-order valence-electron chi connectivity index (χ2n) is 6.97. The molecule has 9 heteroatoms. The fourth-order valence-electron chi connectivity index (χ4n) is 3.96. The summed E-state index contributed by atoms with van der Waals surface area (Å²) in [5.74, 6) is -1.02. The molecule has 0 radical (unpaired) electrons. The van der Waals surface area contributed by atoms with E-state index in [0.717, 1.165) is 45.4 Å². The van der Waals surface area contributed by atoms with Crippen molar-refractivity contribution in [3.8, 4) is 0 Å². The number of aryl methyl sites for hydroxylation is 1. The van der Waals surface area contributed by atoms with Crippen LogP contribution in [0.5, 0.6) is 0 Å². The maximum Gasteiger partial charge on any atom is 0.326 e. The summed E-state index contributed by atoms with van der Waals surface area (Å²) in [6.07, 6.45) is 5.08. The number of rotatable bonds is 5. The number of carboxylic acid groups (broad SMARTS) is 1. The number of carbonyl (C=O) groups is 2. The van der Waals surface area contributed by atoms with Gasteiger partial charge in [0.05, 0.1) is 0 Å². The molecular weight excluding hydrogens is 312 g/mol. The molecule has 2 aliphatic rings. The van der Waals surface area contributed by atoms with Gasteiger partial charge in [-0.05, 0) is 61.2 Å². The topological polar surface area (TPSA) is 104 Å². The normalized spacial score (nSPS) is 23.7. The van der Waals surface area contributed by atoms with Gasteiger partial charge in [-0.2, -0.15) is 0 Å². The first-order chi connectivity index (χ1) is 11.5. The molecule has 2 fully saturated rings. The predicted molar refractivity (Wildman–Crippen MR) is 84.0 cm³/mol. The van der Waals surface area contributed by atoms with Crippen LogP contribution in [0.1, 0.15) is 32.6 Å². The van der Waals surface area contributed by atoms with Gasteiger partial charge in [-0.1, -0.05) is 0 Å². The Balaban J connectivity index is 1.49. The van der Waals surface area contributed by atoms with Crippen molar-refractivity contribution < 1.29 is 14.7 Å². The van der Waals surface area contributed by atoms with E-state index in [0.29, 0.717) is 13.0 Å². The first kappa shape index (κ1) is 16.8. The summed E-state index contributed by atoms with van der Waals surface area (Å²) in [7, 11) is 0. The average molecular weight is 336 g/mol. The third-order valence-electron chi connectivity index (χ3n) is 5.37. The van der Waals surface area contributed by atoms with Crippen molar-refractivity contribution in [1.29, 1.82) is 0 Å². The van der Waals surface area contributed by atoms with Crippen molar-refractivity contribution in [1.82, 2.24) is 30.0 Å². The van der Waals surface area contributed by atoms with Gasteiger partial charge in [-0.3, -0.25) is 4.79 Å². The zero-order valence-corrected chi connectivity index (χ0v) is 14.0. The molecule has 24 heavy (non-hydrogen) atoms. The highest BCUT2D eigenvalue weighted by molar-refractivity contribution is 5.83. The van der Waals surface area contributed by atoms with Gasteiger partial charge in [0.25, 0.3) is 0 Å². The predicted octanol–water partition coefficient (Wildman–Crippen LogP) is -0.149. The second kappa shape index (κ2) is 6.84. The molecule has 1 amide bonds. The van der Waals surface area contributed by atoms with Crippen LogP contribution in [-0.2, 0) is 16.1 Å². The smallest absolute Gasteiger partial charge is 0.326 e. The van der Waals surface area contributed by atoms with Crippen molar-refractivity contribution in [3.63, 3.8) is 0 Å². The minimum atomic E-state index is -0.883. The molecule has 0 bridgehead atoms.